The molecule has 20 heavy (non-hydrogen) atoms. The van der Waals surface area contributed by atoms with Gasteiger partial charge in [-0.05, 0) is 18.3 Å². The second-order valence-corrected chi connectivity index (χ2v) is 5.21. The summed E-state index contributed by atoms with van der Waals surface area (Å²) in [6.07, 6.45) is 6.40. The van der Waals surface area contributed by atoms with E-state index in [0.717, 1.165) is 6.42 Å². The van der Waals surface area contributed by atoms with Gasteiger partial charge >= 0.3 is 5.97 Å². The summed E-state index contributed by atoms with van der Waals surface area (Å²) in [7, 11) is 0. The van der Waals surface area contributed by atoms with Crippen molar-refractivity contribution in [2.24, 2.45) is 23.7 Å². The van der Waals surface area contributed by atoms with Crippen LogP contribution in [-0.2, 0) is 16.0 Å². The minimum atomic E-state index is -0.890. The summed E-state index contributed by atoms with van der Waals surface area (Å²) >= 11 is 0. The van der Waals surface area contributed by atoms with Crippen LogP contribution in [0.2, 0.25) is 0 Å². The average Bonchev–Trinajstić information content (AvgIpc) is 3.13. The van der Waals surface area contributed by atoms with E-state index in [9.17, 15) is 14.7 Å². The lowest BCUT2D eigenvalue weighted by atomic mass is 9.82. The molecule has 2 bridgehead atoms. The molecule has 0 aromatic carbocycles. The third-order valence-corrected chi connectivity index (χ3v) is 4.09. The van der Waals surface area contributed by atoms with Gasteiger partial charge in [-0.2, -0.15) is 4.98 Å². The highest BCUT2D eigenvalue weighted by Crippen LogP contribution is 2.48. The van der Waals surface area contributed by atoms with Crippen LogP contribution in [0.3, 0.4) is 0 Å². The first-order valence-electron chi connectivity index (χ1n) is 6.61. The standard InChI is InChI=1S/C13H15N3O4/c17-12(14-4-3-9-15-6-16-20-9)10-7-1-2-8(5-7)11(10)13(18)19/h1-2,6-8,10-11H,3-5H2,(H,14,17)(H,18,19)/t7?,8?,10-,11+/m0/s1. The van der Waals surface area contributed by atoms with Crippen molar-refractivity contribution < 1.29 is 19.2 Å². The minimum absolute atomic E-state index is 0.0100. The Kier molecular flexibility index (Phi) is 3.25. The Morgan fingerprint density at radius 2 is 2.10 bits per heavy atom. The molecule has 1 amide bonds. The molecule has 1 saturated carbocycles. The number of nitrogens with zero attached hydrogens (tertiary/aromatic N) is 2. The van der Waals surface area contributed by atoms with E-state index in [2.05, 4.69) is 15.5 Å². The van der Waals surface area contributed by atoms with Gasteiger partial charge in [0.25, 0.3) is 0 Å². The zero-order valence-electron chi connectivity index (χ0n) is 10.7. The lowest BCUT2D eigenvalue weighted by Crippen LogP contribution is -2.40. The number of carboxylic acids is 1. The van der Waals surface area contributed by atoms with E-state index in [1.165, 1.54) is 6.33 Å². The Labute approximate surface area is 115 Å². The Balaban J connectivity index is 1.59. The van der Waals surface area contributed by atoms with Crippen LogP contribution in [-0.4, -0.2) is 33.7 Å². The molecule has 1 heterocycles. The zero-order valence-corrected chi connectivity index (χ0v) is 10.7. The molecule has 0 saturated heterocycles. The van der Waals surface area contributed by atoms with Crippen LogP contribution >= 0.6 is 0 Å². The van der Waals surface area contributed by atoms with Crippen LogP contribution in [0.25, 0.3) is 0 Å². The molecule has 0 aliphatic heterocycles. The van der Waals surface area contributed by atoms with Gasteiger partial charge in [-0.15, -0.1) is 0 Å². The molecule has 2 N–H and O–H groups in total. The molecule has 0 radical (unpaired) electrons. The van der Waals surface area contributed by atoms with Gasteiger partial charge in [0.1, 0.15) is 0 Å². The smallest absolute Gasteiger partial charge is 0.307 e. The predicted molar refractivity (Wildman–Crippen MR) is 66.4 cm³/mol. The summed E-state index contributed by atoms with van der Waals surface area (Å²) in [5, 5.41) is 15.5. The van der Waals surface area contributed by atoms with Crippen LogP contribution in [0.1, 0.15) is 12.3 Å². The number of rotatable bonds is 5. The molecule has 2 aliphatic carbocycles. The maximum absolute atomic E-state index is 12.2. The van der Waals surface area contributed by atoms with Crippen molar-refractivity contribution in [2.75, 3.05) is 6.54 Å². The molecule has 7 heteroatoms. The summed E-state index contributed by atoms with van der Waals surface area (Å²) < 4.78 is 4.83. The van der Waals surface area contributed by atoms with Gasteiger partial charge in [0.05, 0.1) is 11.8 Å². The fourth-order valence-electron chi connectivity index (χ4n) is 3.23. The monoisotopic (exact) mass is 277 g/mol. The molecular weight excluding hydrogens is 262 g/mol. The highest BCUT2D eigenvalue weighted by molar-refractivity contribution is 5.86. The van der Waals surface area contributed by atoms with E-state index in [1.807, 2.05) is 12.2 Å². The molecule has 2 unspecified atom stereocenters. The SMILES string of the molecule is O=C(O)[C@@H]1C2C=CC(C2)[C@@H]1C(=O)NCCc1ncno1. The van der Waals surface area contributed by atoms with Crippen molar-refractivity contribution in [2.45, 2.75) is 12.8 Å². The first-order valence-corrected chi connectivity index (χ1v) is 6.61. The number of allylic oxidation sites excluding steroid dienone is 2. The summed E-state index contributed by atoms with van der Waals surface area (Å²) in [4.78, 5) is 27.4. The summed E-state index contributed by atoms with van der Waals surface area (Å²) in [6.45, 7) is 0.366. The van der Waals surface area contributed by atoms with Crippen molar-refractivity contribution in [3.8, 4) is 0 Å². The molecule has 3 rings (SSSR count). The number of nitrogens with one attached hydrogen (secondary N) is 1. The number of carboxylic acid groups (broad SMARTS) is 1. The highest BCUT2D eigenvalue weighted by atomic mass is 16.5. The number of carbonyl (C=O) groups excluding carboxylic acids is 1. The lowest BCUT2D eigenvalue weighted by Gasteiger charge is -2.23. The third-order valence-electron chi connectivity index (χ3n) is 4.09. The van der Waals surface area contributed by atoms with Crippen LogP contribution < -0.4 is 5.32 Å². The van der Waals surface area contributed by atoms with Crippen molar-refractivity contribution in [1.82, 2.24) is 15.5 Å². The van der Waals surface area contributed by atoms with Crippen LogP contribution in [0, 0.1) is 23.7 Å². The average molecular weight is 277 g/mol. The Morgan fingerprint density at radius 3 is 2.75 bits per heavy atom. The van der Waals surface area contributed by atoms with E-state index < -0.39 is 17.8 Å². The fourth-order valence-corrected chi connectivity index (χ4v) is 3.23. The number of hydrogen-bond acceptors (Lipinski definition) is 5. The van der Waals surface area contributed by atoms with Crippen molar-refractivity contribution >= 4 is 11.9 Å². The van der Waals surface area contributed by atoms with Crippen LogP contribution in [0.5, 0.6) is 0 Å². The first kappa shape index (κ1) is 12.8. The van der Waals surface area contributed by atoms with E-state index in [1.54, 1.807) is 0 Å². The number of amides is 1. The summed E-state index contributed by atoms with van der Waals surface area (Å²) in [6, 6.07) is 0. The molecule has 4 atom stereocenters. The molecule has 106 valence electrons. The van der Waals surface area contributed by atoms with Gasteiger partial charge in [-0.3, -0.25) is 9.59 Å². The number of hydrogen-bond donors (Lipinski definition) is 2. The maximum Gasteiger partial charge on any atom is 0.307 e. The molecule has 1 aromatic rings. The number of fused-ring (bicyclic) bond motifs is 2. The minimum Gasteiger partial charge on any atom is -0.481 e. The van der Waals surface area contributed by atoms with Gasteiger partial charge in [0.2, 0.25) is 11.8 Å². The van der Waals surface area contributed by atoms with E-state index in [-0.39, 0.29) is 17.7 Å². The number of aliphatic carboxylic acids is 1. The molecule has 1 aromatic heterocycles. The number of carbonyl (C=O) groups is 2. The highest BCUT2D eigenvalue weighted by Gasteiger charge is 2.51. The normalized spacial score (nSPS) is 30.6. The van der Waals surface area contributed by atoms with Gasteiger partial charge in [-0.1, -0.05) is 17.3 Å². The van der Waals surface area contributed by atoms with Gasteiger partial charge in [-0.25, -0.2) is 0 Å². The van der Waals surface area contributed by atoms with Crippen molar-refractivity contribution in [3.05, 3.63) is 24.4 Å². The van der Waals surface area contributed by atoms with Crippen molar-refractivity contribution in [1.29, 1.82) is 0 Å². The van der Waals surface area contributed by atoms with E-state index in [0.29, 0.717) is 18.9 Å². The second kappa shape index (κ2) is 5.07. The first-order chi connectivity index (χ1) is 9.66. The van der Waals surface area contributed by atoms with Crippen LogP contribution in [0.4, 0.5) is 0 Å². The van der Waals surface area contributed by atoms with E-state index >= 15 is 0 Å². The van der Waals surface area contributed by atoms with Crippen LogP contribution in [0.15, 0.2) is 23.0 Å². The van der Waals surface area contributed by atoms with Crippen molar-refractivity contribution in [3.63, 3.8) is 0 Å². The zero-order chi connectivity index (χ0) is 14.1. The quantitative estimate of drug-likeness (QED) is 0.747. The largest absolute Gasteiger partial charge is 0.481 e. The predicted octanol–water partition coefficient (Wildman–Crippen LogP) is 0.251. The fraction of sp³-hybridized carbons (Fsp3) is 0.538. The summed E-state index contributed by atoms with van der Waals surface area (Å²) in [5.74, 6) is -1.67. The molecule has 2 aliphatic rings. The summed E-state index contributed by atoms with van der Waals surface area (Å²) in [5.41, 5.74) is 0. The lowest BCUT2D eigenvalue weighted by molar-refractivity contribution is -0.147. The van der Waals surface area contributed by atoms with Gasteiger partial charge in [0, 0.05) is 13.0 Å². The Bertz CT molecular complexity index is 540. The van der Waals surface area contributed by atoms with Gasteiger partial charge < -0.3 is 14.9 Å². The topological polar surface area (TPSA) is 105 Å². The second-order valence-electron chi connectivity index (χ2n) is 5.21. The molecule has 7 nitrogen and oxygen atoms in total. The van der Waals surface area contributed by atoms with Gasteiger partial charge in [0.15, 0.2) is 6.33 Å². The Hall–Kier alpha value is -2.18. The van der Waals surface area contributed by atoms with E-state index in [4.69, 9.17) is 4.52 Å². The molecule has 1 fully saturated rings. The number of aromatic nitrogens is 2. The molecular formula is C13H15N3O4. The Morgan fingerprint density at radius 1 is 1.35 bits per heavy atom. The molecule has 0 spiro atoms. The maximum atomic E-state index is 12.2. The third kappa shape index (κ3) is 2.19.